The molecule has 0 saturated carbocycles. The second-order valence-corrected chi connectivity index (χ2v) is 4.33. The minimum atomic E-state index is -0.598. The fraction of sp³-hybridized carbons (Fsp3) is 0.167. The molecule has 0 amide bonds. The summed E-state index contributed by atoms with van der Waals surface area (Å²) in [7, 11) is 0. The van der Waals surface area contributed by atoms with Gasteiger partial charge in [-0.15, -0.1) is 0 Å². The highest BCUT2D eigenvalue weighted by Crippen LogP contribution is 2.31. The SMILES string of the molecule is Cc1ccc(-c2nc(Cl)nc(C)c2[N+](=O)[O-])cc1F. The van der Waals surface area contributed by atoms with E-state index in [1.807, 2.05) is 0 Å². The predicted molar refractivity (Wildman–Crippen MR) is 68.6 cm³/mol. The Balaban J connectivity index is 2.73. The third-order valence-electron chi connectivity index (χ3n) is 2.66. The van der Waals surface area contributed by atoms with Crippen molar-refractivity contribution in [3.63, 3.8) is 0 Å². The molecule has 0 atom stereocenters. The second kappa shape index (κ2) is 4.89. The summed E-state index contributed by atoms with van der Waals surface area (Å²) >= 11 is 5.71. The van der Waals surface area contributed by atoms with Crippen molar-refractivity contribution >= 4 is 17.3 Å². The van der Waals surface area contributed by atoms with E-state index in [4.69, 9.17) is 11.6 Å². The zero-order valence-corrected chi connectivity index (χ0v) is 10.9. The highest BCUT2D eigenvalue weighted by atomic mass is 35.5. The number of aryl methyl sites for hydroxylation is 2. The van der Waals surface area contributed by atoms with Gasteiger partial charge in [-0.05, 0) is 37.1 Å². The van der Waals surface area contributed by atoms with Crippen LogP contribution in [0, 0.1) is 29.8 Å². The normalized spacial score (nSPS) is 10.5. The van der Waals surface area contributed by atoms with E-state index in [0.29, 0.717) is 11.1 Å². The van der Waals surface area contributed by atoms with Crippen molar-refractivity contribution in [3.05, 3.63) is 50.7 Å². The fourth-order valence-electron chi connectivity index (χ4n) is 1.69. The number of rotatable bonds is 2. The van der Waals surface area contributed by atoms with Gasteiger partial charge in [-0.2, -0.15) is 0 Å². The maximum absolute atomic E-state index is 13.6. The molecule has 0 radical (unpaired) electrons. The minimum absolute atomic E-state index is 0.0152. The number of hydrogen-bond acceptors (Lipinski definition) is 4. The molecule has 0 N–H and O–H groups in total. The Kier molecular flexibility index (Phi) is 3.44. The summed E-state index contributed by atoms with van der Waals surface area (Å²) in [5.74, 6) is -0.459. The molecule has 7 heteroatoms. The lowest BCUT2D eigenvalue weighted by Crippen LogP contribution is -2.01. The molecule has 0 unspecified atom stereocenters. The lowest BCUT2D eigenvalue weighted by atomic mass is 10.1. The largest absolute Gasteiger partial charge is 0.316 e. The van der Waals surface area contributed by atoms with Crippen LogP contribution in [-0.4, -0.2) is 14.9 Å². The van der Waals surface area contributed by atoms with Crippen LogP contribution >= 0.6 is 11.6 Å². The van der Waals surface area contributed by atoms with E-state index in [0.717, 1.165) is 0 Å². The standard InChI is InChI=1S/C12H9ClFN3O2/c1-6-3-4-8(5-9(6)14)10-11(17(18)19)7(2)15-12(13)16-10/h3-5H,1-2H3. The van der Waals surface area contributed by atoms with Crippen molar-refractivity contribution < 1.29 is 9.31 Å². The van der Waals surface area contributed by atoms with Crippen molar-refractivity contribution in [2.45, 2.75) is 13.8 Å². The molecule has 19 heavy (non-hydrogen) atoms. The third kappa shape index (κ3) is 2.53. The van der Waals surface area contributed by atoms with Gasteiger partial charge < -0.3 is 0 Å². The van der Waals surface area contributed by atoms with Crippen molar-refractivity contribution in [2.75, 3.05) is 0 Å². The van der Waals surface area contributed by atoms with E-state index < -0.39 is 10.7 Å². The van der Waals surface area contributed by atoms with Gasteiger partial charge in [-0.3, -0.25) is 10.1 Å². The molecule has 98 valence electrons. The van der Waals surface area contributed by atoms with Crippen LogP contribution in [0.1, 0.15) is 11.3 Å². The smallest absolute Gasteiger partial charge is 0.258 e. The average molecular weight is 282 g/mol. The Morgan fingerprint density at radius 3 is 2.58 bits per heavy atom. The molecule has 2 aromatic rings. The average Bonchev–Trinajstić information content (AvgIpc) is 2.31. The molecule has 2 rings (SSSR count). The first-order valence-corrected chi connectivity index (χ1v) is 5.73. The van der Waals surface area contributed by atoms with Gasteiger partial charge in [-0.25, -0.2) is 14.4 Å². The van der Waals surface area contributed by atoms with E-state index in [1.165, 1.54) is 19.1 Å². The summed E-state index contributed by atoms with van der Waals surface area (Å²) < 4.78 is 13.6. The predicted octanol–water partition coefficient (Wildman–Crippen LogP) is 3.46. The molecule has 0 aliphatic heterocycles. The lowest BCUT2D eigenvalue weighted by molar-refractivity contribution is -0.385. The van der Waals surface area contributed by atoms with Crippen LogP contribution in [0.25, 0.3) is 11.3 Å². The quantitative estimate of drug-likeness (QED) is 0.480. The number of nitrogens with zero attached hydrogens (tertiary/aromatic N) is 3. The number of halogens is 2. The number of benzene rings is 1. The van der Waals surface area contributed by atoms with Gasteiger partial charge in [-0.1, -0.05) is 12.1 Å². The summed E-state index contributed by atoms with van der Waals surface area (Å²) in [6.07, 6.45) is 0. The minimum Gasteiger partial charge on any atom is -0.258 e. The van der Waals surface area contributed by atoms with Crippen molar-refractivity contribution in [3.8, 4) is 11.3 Å². The number of nitro groups is 1. The van der Waals surface area contributed by atoms with Crippen molar-refractivity contribution in [1.82, 2.24) is 9.97 Å². The number of aromatic nitrogens is 2. The first-order valence-electron chi connectivity index (χ1n) is 5.35. The molecule has 0 saturated heterocycles. The van der Waals surface area contributed by atoms with Crippen LogP contribution in [0.3, 0.4) is 0 Å². The highest BCUT2D eigenvalue weighted by Gasteiger charge is 2.23. The Labute approximate surface area is 113 Å². The Bertz CT molecular complexity index is 676. The molecule has 5 nitrogen and oxygen atoms in total. The third-order valence-corrected chi connectivity index (χ3v) is 2.83. The fourth-order valence-corrected chi connectivity index (χ4v) is 1.90. The maximum Gasteiger partial charge on any atom is 0.316 e. The van der Waals surface area contributed by atoms with Gasteiger partial charge in [0.05, 0.1) is 4.92 Å². The van der Waals surface area contributed by atoms with Gasteiger partial charge in [0.25, 0.3) is 0 Å². The van der Waals surface area contributed by atoms with Gasteiger partial charge in [0.1, 0.15) is 11.5 Å². The first-order chi connectivity index (χ1) is 8.90. The summed E-state index contributed by atoms with van der Waals surface area (Å²) in [4.78, 5) is 18.1. The monoisotopic (exact) mass is 281 g/mol. The van der Waals surface area contributed by atoms with E-state index in [9.17, 15) is 14.5 Å². The molecule has 0 spiro atoms. The molecule has 1 aromatic carbocycles. The van der Waals surface area contributed by atoms with Crippen LogP contribution in [0.15, 0.2) is 18.2 Å². The van der Waals surface area contributed by atoms with Crippen LogP contribution in [0.4, 0.5) is 10.1 Å². The van der Waals surface area contributed by atoms with Crippen LogP contribution in [0.2, 0.25) is 5.28 Å². The van der Waals surface area contributed by atoms with Gasteiger partial charge >= 0.3 is 5.69 Å². The van der Waals surface area contributed by atoms with Gasteiger partial charge in [0.2, 0.25) is 5.28 Å². The summed E-state index contributed by atoms with van der Waals surface area (Å²) in [5.41, 5.74) is 0.625. The summed E-state index contributed by atoms with van der Waals surface area (Å²) in [5, 5.41) is 11.0. The molecule has 0 aliphatic carbocycles. The van der Waals surface area contributed by atoms with Gasteiger partial charge in [0, 0.05) is 5.56 Å². The Hall–Kier alpha value is -2.08. The summed E-state index contributed by atoms with van der Waals surface area (Å²) in [6.45, 7) is 3.06. The van der Waals surface area contributed by atoms with E-state index in [1.54, 1.807) is 13.0 Å². The van der Waals surface area contributed by atoms with E-state index in [2.05, 4.69) is 9.97 Å². The molecule has 0 fully saturated rings. The zero-order valence-electron chi connectivity index (χ0n) is 10.1. The summed E-state index contributed by atoms with van der Waals surface area (Å²) in [6, 6.07) is 4.28. The topological polar surface area (TPSA) is 68.9 Å². The molecule has 1 heterocycles. The number of hydrogen-bond donors (Lipinski definition) is 0. The molecule has 0 bridgehead atoms. The molecular weight excluding hydrogens is 273 g/mol. The van der Waals surface area contributed by atoms with Crippen LogP contribution in [0.5, 0.6) is 0 Å². The van der Waals surface area contributed by atoms with Crippen LogP contribution < -0.4 is 0 Å². The molecule has 0 aliphatic rings. The second-order valence-electron chi connectivity index (χ2n) is 4.00. The van der Waals surface area contributed by atoms with Crippen LogP contribution in [-0.2, 0) is 0 Å². The van der Waals surface area contributed by atoms with E-state index >= 15 is 0 Å². The van der Waals surface area contributed by atoms with Gasteiger partial charge in [0.15, 0.2) is 5.69 Å². The molecule has 1 aromatic heterocycles. The zero-order chi connectivity index (χ0) is 14.2. The maximum atomic E-state index is 13.6. The van der Waals surface area contributed by atoms with E-state index in [-0.39, 0.29) is 22.4 Å². The Morgan fingerprint density at radius 2 is 2.00 bits per heavy atom. The van der Waals surface area contributed by atoms with Crippen molar-refractivity contribution in [1.29, 1.82) is 0 Å². The molecular formula is C12H9ClFN3O2. The first kappa shape index (κ1) is 13.4. The highest BCUT2D eigenvalue weighted by molar-refractivity contribution is 6.28. The van der Waals surface area contributed by atoms with Crippen molar-refractivity contribution in [2.24, 2.45) is 0 Å². The Morgan fingerprint density at radius 1 is 1.32 bits per heavy atom. The lowest BCUT2D eigenvalue weighted by Gasteiger charge is -2.06.